The van der Waals surface area contributed by atoms with Crippen molar-refractivity contribution in [2.75, 3.05) is 11.4 Å². The lowest BCUT2D eigenvalue weighted by Gasteiger charge is -2.25. The van der Waals surface area contributed by atoms with Crippen molar-refractivity contribution < 1.29 is 0 Å². The van der Waals surface area contributed by atoms with Crippen LogP contribution in [-0.2, 0) is 0 Å². The molecule has 0 spiro atoms. The van der Waals surface area contributed by atoms with Gasteiger partial charge in [-0.05, 0) is 44.4 Å². The number of hydrogen-bond donors (Lipinski definition) is 1. The van der Waals surface area contributed by atoms with E-state index in [1.54, 1.807) is 0 Å². The van der Waals surface area contributed by atoms with E-state index in [2.05, 4.69) is 24.0 Å². The van der Waals surface area contributed by atoms with E-state index in [1.807, 2.05) is 13.0 Å². The minimum absolute atomic E-state index is 0.0440. The lowest BCUT2D eigenvalue weighted by molar-refractivity contribution is 0.734. The number of rotatable bonds is 2. The van der Waals surface area contributed by atoms with E-state index in [0.717, 1.165) is 22.8 Å². The predicted octanol–water partition coefficient (Wildman–Crippen LogP) is 3.35. The first-order valence-electron chi connectivity index (χ1n) is 5.91. The molecule has 88 valence electrons. The average Bonchev–Trinajstić information content (AvgIpc) is 2.64. The number of nitrogens with two attached hydrogens (primary N) is 1. The van der Waals surface area contributed by atoms with Gasteiger partial charge >= 0.3 is 0 Å². The minimum Gasteiger partial charge on any atom is -0.368 e. The second kappa shape index (κ2) is 4.64. The molecular weight excluding hydrogens is 220 g/mol. The Morgan fingerprint density at radius 1 is 1.50 bits per heavy atom. The zero-order valence-corrected chi connectivity index (χ0v) is 10.7. The molecule has 0 aromatic heterocycles. The van der Waals surface area contributed by atoms with Crippen LogP contribution in [0.1, 0.15) is 38.3 Å². The summed E-state index contributed by atoms with van der Waals surface area (Å²) >= 11 is 6.32. The Morgan fingerprint density at radius 2 is 2.25 bits per heavy atom. The van der Waals surface area contributed by atoms with Gasteiger partial charge in [0.15, 0.2) is 0 Å². The van der Waals surface area contributed by atoms with Crippen molar-refractivity contribution >= 4 is 17.3 Å². The highest BCUT2D eigenvalue weighted by Crippen LogP contribution is 2.33. The highest BCUT2D eigenvalue weighted by Gasteiger charge is 2.22. The van der Waals surface area contributed by atoms with Crippen molar-refractivity contribution in [1.82, 2.24) is 0 Å². The van der Waals surface area contributed by atoms with Crippen LogP contribution >= 0.6 is 11.6 Å². The van der Waals surface area contributed by atoms with Gasteiger partial charge in [0.25, 0.3) is 0 Å². The van der Waals surface area contributed by atoms with Gasteiger partial charge in [-0.1, -0.05) is 17.7 Å². The topological polar surface area (TPSA) is 29.3 Å². The van der Waals surface area contributed by atoms with Crippen LogP contribution in [0.5, 0.6) is 0 Å². The van der Waals surface area contributed by atoms with Crippen molar-refractivity contribution in [3.8, 4) is 0 Å². The van der Waals surface area contributed by atoms with Gasteiger partial charge in [-0.3, -0.25) is 0 Å². The molecule has 0 aliphatic carbocycles. The van der Waals surface area contributed by atoms with Crippen LogP contribution in [-0.4, -0.2) is 12.6 Å². The molecule has 2 N–H and O–H groups in total. The molecular formula is C13H19ClN2. The largest absolute Gasteiger partial charge is 0.368 e. The van der Waals surface area contributed by atoms with Gasteiger partial charge in [0.1, 0.15) is 0 Å². The number of nitrogens with zero attached hydrogens (tertiary/aromatic N) is 1. The van der Waals surface area contributed by atoms with E-state index < -0.39 is 0 Å². The van der Waals surface area contributed by atoms with Gasteiger partial charge in [0, 0.05) is 18.6 Å². The number of anilines is 1. The number of benzene rings is 1. The Kier molecular flexibility index (Phi) is 3.41. The molecule has 0 amide bonds. The number of hydrogen-bond acceptors (Lipinski definition) is 2. The van der Waals surface area contributed by atoms with Crippen LogP contribution in [0.15, 0.2) is 18.2 Å². The van der Waals surface area contributed by atoms with E-state index in [0.29, 0.717) is 6.04 Å². The van der Waals surface area contributed by atoms with Crippen LogP contribution in [0.2, 0.25) is 5.02 Å². The molecule has 1 aromatic carbocycles. The smallest absolute Gasteiger partial charge is 0.0642 e. The maximum Gasteiger partial charge on any atom is 0.0642 e. The van der Waals surface area contributed by atoms with Crippen molar-refractivity contribution in [2.24, 2.45) is 5.73 Å². The third kappa shape index (κ3) is 2.18. The molecule has 2 rings (SSSR count). The number of halogens is 1. The molecule has 0 saturated carbocycles. The summed E-state index contributed by atoms with van der Waals surface area (Å²) in [5.74, 6) is 0. The molecule has 1 saturated heterocycles. The second-order valence-corrected chi connectivity index (χ2v) is 5.09. The van der Waals surface area contributed by atoms with Crippen molar-refractivity contribution in [3.63, 3.8) is 0 Å². The Labute approximate surface area is 102 Å². The highest BCUT2D eigenvalue weighted by atomic mass is 35.5. The van der Waals surface area contributed by atoms with Crippen LogP contribution in [0, 0.1) is 0 Å². The van der Waals surface area contributed by atoms with E-state index in [-0.39, 0.29) is 6.04 Å². The fraction of sp³-hybridized carbons (Fsp3) is 0.538. The van der Waals surface area contributed by atoms with Crippen molar-refractivity contribution in [3.05, 3.63) is 28.8 Å². The van der Waals surface area contributed by atoms with Gasteiger partial charge in [-0.2, -0.15) is 0 Å². The van der Waals surface area contributed by atoms with Crippen LogP contribution in [0.4, 0.5) is 5.69 Å². The fourth-order valence-corrected chi connectivity index (χ4v) is 2.63. The quantitative estimate of drug-likeness (QED) is 0.856. The summed E-state index contributed by atoms with van der Waals surface area (Å²) in [7, 11) is 0. The molecule has 2 atom stereocenters. The molecule has 0 bridgehead atoms. The summed E-state index contributed by atoms with van der Waals surface area (Å²) < 4.78 is 0. The maximum absolute atomic E-state index is 6.32. The zero-order chi connectivity index (χ0) is 11.7. The van der Waals surface area contributed by atoms with Gasteiger partial charge in [0.05, 0.1) is 10.7 Å². The normalized spacial score (nSPS) is 22.5. The molecule has 16 heavy (non-hydrogen) atoms. The molecule has 2 nitrogen and oxygen atoms in total. The van der Waals surface area contributed by atoms with Gasteiger partial charge < -0.3 is 10.6 Å². The Bertz CT molecular complexity index is 376. The molecule has 3 heteroatoms. The Morgan fingerprint density at radius 3 is 2.75 bits per heavy atom. The minimum atomic E-state index is 0.0440. The van der Waals surface area contributed by atoms with E-state index in [9.17, 15) is 0 Å². The zero-order valence-electron chi connectivity index (χ0n) is 9.91. The van der Waals surface area contributed by atoms with Gasteiger partial charge in [-0.15, -0.1) is 0 Å². The molecule has 1 aromatic rings. The Hall–Kier alpha value is -0.730. The summed E-state index contributed by atoms with van der Waals surface area (Å²) in [6.45, 7) is 5.34. The lowest BCUT2D eigenvalue weighted by atomic mass is 10.1. The van der Waals surface area contributed by atoms with Gasteiger partial charge in [0.2, 0.25) is 0 Å². The van der Waals surface area contributed by atoms with Crippen LogP contribution in [0.25, 0.3) is 0 Å². The standard InChI is InChI=1S/C13H19ClN2/c1-9-4-3-7-16(9)13-6-5-11(10(2)15)8-12(13)14/h5-6,8-10H,3-4,7,15H2,1-2H3. The third-order valence-corrected chi connectivity index (χ3v) is 3.66. The van der Waals surface area contributed by atoms with Gasteiger partial charge in [-0.25, -0.2) is 0 Å². The summed E-state index contributed by atoms with van der Waals surface area (Å²) in [5.41, 5.74) is 8.09. The van der Waals surface area contributed by atoms with E-state index >= 15 is 0 Å². The first kappa shape index (κ1) is 11.7. The van der Waals surface area contributed by atoms with Crippen LogP contribution < -0.4 is 10.6 Å². The summed E-state index contributed by atoms with van der Waals surface area (Å²) in [6, 6.07) is 6.81. The van der Waals surface area contributed by atoms with E-state index in [1.165, 1.54) is 12.8 Å². The highest BCUT2D eigenvalue weighted by molar-refractivity contribution is 6.33. The predicted molar refractivity (Wildman–Crippen MR) is 70.1 cm³/mol. The monoisotopic (exact) mass is 238 g/mol. The first-order chi connectivity index (χ1) is 7.59. The van der Waals surface area contributed by atoms with Crippen molar-refractivity contribution in [1.29, 1.82) is 0 Å². The molecule has 1 aliphatic heterocycles. The molecule has 1 heterocycles. The third-order valence-electron chi connectivity index (χ3n) is 3.36. The Balaban J connectivity index is 2.28. The molecule has 2 unspecified atom stereocenters. The second-order valence-electron chi connectivity index (χ2n) is 4.68. The fourth-order valence-electron chi connectivity index (χ4n) is 2.33. The molecule has 1 fully saturated rings. The first-order valence-corrected chi connectivity index (χ1v) is 6.29. The lowest BCUT2D eigenvalue weighted by Crippen LogP contribution is -2.26. The summed E-state index contributed by atoms with van der Waals surface area (Å²) in [4.78, 5) is 2.38. The summed E-state index contributed by atoms with van der Waals surface area (Å²) in [6.07, 6.45) is 2.51. The maximum atomic E-state index is 6.32. The molecule has 1 aliphatic rings. The van der Waals surface area contributed by atoms with Crippen molar-refractivity contribution in [2.45, 2.75) is 38.8 Å². The average molecular weight is 239 g/mol. The molecule has 0 radical (unpaired) electrons. The van der Waals surface area contributed by atoms with Crippen LogP contribution in [0.3, 0.4) is 0 Å². The SMILES string of the molecule is CC(N)c1ccc(N2CCCC2C)c(Cl)c1. The van der Waals surface area contributed by atoms with E-state index in [4.69, 9.17) is 17.3 Å². The summed E-state index contributed by atoms with van der Waals surface area (Å²) in [5, 5.41) is 0.823.